The second-order valence-corrected chi connectivity index (χ2v) is 11.9. The van der Waals surface area contributed by atoms with Crippen molar-refractivity contribution >= 4 is 33.2 Å². The molecule has 1 saturated heterocycles. The number of nitrogens with one attached hydrogen (secondary N) is 1. The lowest BCUT2D eigenvalue weighted by Crippen LogP contribution is -2.20. The number of sulfone groups is 1. The number of rotatable bonds is 7. The van der Waals surface area contributed by atoms with Gasteiger partial charge in [-0.3, -0.25) is 4.79 Å². The highest BCUT2D eigenvalue weighted by Gasteiger charge is 2.30. The molecule has 2 atom stereocenters. The molecule has 0 unspecified atom stereocenters. The minimum Gasteiger partial charge on any atom is -0.325 e. The molecule has 1 amide bonds. The molecule has 9 heteroatoms. The number of carbonyl (C=O) groups excluding carboxylic acids is 1. The molecule has 174 valence electrons. The zero-order chi connectivity index (χ0) is 23.6. The topological polar surface area (TPSA) is 94.0 Å². The average molecular weight is 485 g/mol. The molecular weight excluding hydrogens is 456 g/mol. The van der Waals surface area contributed by atoms with Crippen molar-refractivity contribution < 1.29 is 13.2 Å². The van der Waals surface area contributed by atoms with E-state index in [9.17, 15) is 13.2 Å². The van der Waals surface area contributed by atoms with Crippen LogP contribution in [-0.2, 0) is 28.1 Å². The first-order valence-corrected chi connectivity index (χ1v) is 13.6. The van der Waals surface area contributed by atoms with Gasteiger partial charge in [-0.2, -0.15) is 0 Å². The fourth-order valence-corrected chi connectivity index (χ4v) is 6.87. The maximum atomic E-state index is 13.4. The number of aryl methyl sites for hydroxylation is 2. The Morgan fingerprint density at radius 3 is 2.64 bits per heavy atom. The third kappa shape index (κ3) is 5.65. The number of aromatic nitrogens is 3. The molecule has 1 fully saturated rings. The molecule has 2 heterocycles. The van der Waals surface area contributed by atoms with Crippen molar-refractivity contribution in [2.45, 2.75) is 37.1 Å². The zero-order valence-corrected chi connectivity index (χ0v) is 20.6. The van der Waals surface area contributed by atoms with Crippen LogP contribution in [0.1, 0.15) is 34.2 Å². The highest BCUT2D eigenvalue weighted by molar-refractivity contribution is 8.00. The van der Waals surface area contributed by atoms with Crippen molar-refractivity contribution in [2.75, 3.05) is 16.8 Å². The van der Waals surface area contributed by atoms with Gasteiger partial charge in [-0.1, -0.05) is 54.2 Å². The maximum absolute atomic E-state index is 13.4. The minimum atomic E-state index is -2.94. The Kier molecular flexibility index (Phi) is 6.90. The second kappa shape index (κ2) is 9.69. The van der Waals surface area contributed by atoms with Gasteiger partial charge in [0.05, 0.1) is 11.5 Å². The molecule has 3 aromatic rings. The summed E-state index contributed by atoms with van der Waals surface area (Å²) >= 11 is 1.34. The Labute approximate surface area is 198 Å². The van der Waals surface area contributed by atoms with Gasteiger partial charge in [0.1, 0.15) is 11.1 Å². The molecule has 1 aliphatic rings. The van der Waals surface area contributed by atoms with Crippen molar-refractivity contribution in [3.05, 3.63) is 71.0 Å². The Balaban J connectivity index is 1.56. The lowest BCUT2D eigenvalue weighted by Gasteiger charge is -2.18. The summed E-state index contributed by atoms with van der Waals surface area (Å²) in [5.74, 6) is 1.11. The minimum absolute atomic E-state index is 0.0632. The molecule has 0 bridgehead atoms. The molecule has 2 aromatic carbocycles. The lowest BCUT2D eigenvalue weighted by molar-refractivity contribution is -0.115. The fourth-order valence-electron chi connectivity index (χ4n) is 3.99. The summed E-state index contributed by atoms with van der Waals surface area (Å²) in [6, 6.07) is 15.6. The molecule has 0 aliphatic carbocycles. The van der Waals surface area contributed by atoms with Crippen LogP contribution in [-0.4, -0.2) is 40.6 Å². The molecule has 1 aromatic heterocycles. The summed E-state index contributed by atoms with van der Waals surface area (Å²) in [6.07, 6.45) is 1.22. The van der Waals surface area contributed by atoms with Gasteiger partial charge >= 0.3 is 0 Å². The third-order valence-corrected chi connectivity index (χ3v) is 9.06. The number of thioether (sulfide) groups is 1. The largest absolute Gasteiger partial charge is 0.325 e. The second-order valence-electron chi connectivity index (χ2n) is 8.65. The van der Waals surface area contributed by atoms with E-state index >= 15 is 0 Å². The van der Waals surface area contributed by atoms with Crippen LogP contribution in [0.15, 0.2) is 53.7 Å². The quantitative estimate of drug-likeness (QED) is 0.512. The SMILES string of the molecule is Cc1ccc(C)c(NC(=O)[C@@H](Sc2nnc(C[C@H]3CCS(=O)(=O)C3)n2C)c2ccccc2)c1. The monoisotopic (exact) mass is 484 g/mol. The summed E-state index contributed by atoms with van der Waals surface area (Å²) in [5.41, 5.74) is 3.74. The molecule has 1 N–H and O–H groups in total. The van der Waals surface area contributed by atoms with E-state index in [1.165, 1.54) is 11.8 Å². The van der Waals surface area contributed by atoms with E-state index in [0.29, 0.717) is 18.0 Å². The van der Waals surface area contributed by atoms with Gasteiger partial charge in [0.25, 0.3) is 0 Å². The Bertz CT molecular complexity index is 1260. The predicted molar refractivity (Wildman–Crippen MR) is 131 cm³/mol. The van der Waals surface area contributed by atoms with E-state index < -0.39 is 15.1 Å². The third-order valence-electron chi connectivity index (χ3n) is 5.94. The summed E-state index contributed by atoms with van der Waals surface area (Å²) in [6.45, 7) is 3.97. The van der Waals surface area contributed by atoms with E-state index in [4.69, 9.17) is 0 Å². The summed E-state index contributed by atoms with van der Waals surface area (Å²) < 4.78 is 25.5. The van der Waals surface area contributed by atoms with Gasteiger partial charge < -0.3 is 9.88 Å². The fraction of sp³-hybridized carbons (Fsp3) is 0.375. The Hall–Kier alpha value is -2.65. The maximum Gasteiger partial charge on any atom is 0.242 e. The summed E-state index contributed by atoms with van der Waals surface area (Å²) in [7, 11) is -1.07. The van der Waals surface area contributed by atoms with Gasteiger partial charge in [-0.15, -0.1) is 10.2 Å². The van der Waals surface area contributed by atoms with Gasteiger partial charge in [-0.25, -0.2) is 8.42 Å². The Morgan fingerprint density at radius 1 is 1.18 bits per heavy atom. The summed E-state index contributed by atoms with van der Waals surface area (Å²) in [5, 5.41) is 11.8. The first-order chi connectivity index (χ1) is 15.7. The average Bonchev–Trinajstić information content (AvgIpc) is 3.30. The van der Waals surface area contributed by atoms with E-state index in [0.717, 1.165) is 28.2 Å². The van der Waals surface area contributed by atoms with Crippen molar-refractivity contribution in [1.82, 2.24) is 14.8 Å². The highest BCUT2D eigenvalue weighted by atomic mass is 32.2. The molecule has 33 heavy (non-hydrogen) atoms. The number of carbonyl (C=O) groups is 1. The van der Waals surface area contributed by atoms with Crippen LogP contribution in [0.4, 0.5) is 5.69 Å². The first kappa shape index (κ1) is 23.5. The Morgan fingerprint density at radius 2 is 1.94 bits per heavy atom. The molecular formula is C24H28N4O3S2. The highest BCUT2D eigenvalue weighted by Crippen LogP contribution is 2.36. The van der Waals surface area contributed by atoms with Crippen molar-refractivity contribution in [2.24, 2.45) is 13.0 Å². The number of benzene rings is 2. The summed E-state index contributed by atoms with van der Waals surface area (Å²) in [4.78, 5) is 13.4. The van der Waals surface area contributed by atoms with Crippen molar-refractivity contribution in [1.29, 1.82) is 0 Å². The number of anilines is 1. The van der Waals surface area contributed by atoms with E-state index in [2.05, 4.69) is 15.5 Å². The van der Waals surface area contributed by atoms with Crippen molar-refractivity contribution in [3.8, 4) is 0 Å². The van der Waals surface area contributed by atoms with Gasteiger partial charge in [0.15, 0.2) is 15.0 Å². The molecule has 7 nitrogen and oxygen atoms in total. The van der Waals surface area contributed by atoms with Gasteiger partial charge in [-0.05, 0) is 48.9 Å². The van der Waals surface area contributed by atoms with Crippen LogP contribution >= 0.6 is 11.8 Å². The van der Waals surface area contributed by atoms with Crippen LogP contribution in [0.3, 0.4) is 0 Å². The van der Waals surface area contributed by atoms with E-state index in [1.807, 2.05) is 74.0 Å². The molecule has 0 spiro atoms. The molecule has 1 aliphatic heterocycles. The van der Waals surface area contributed by atoms with Gasteiger partial charge in [0.2, 0.25) is 5.91 Å². The smallest absolute Gasteiger partial charge is 0.242 e. The standard InChI is InChI=1S/C24H28N4O3S2/c1-16-9-10-17(2)20(13-16)25-23(29)22(19-7-5-4-6-8-19)32-24-27-26-21(28(24)3)14-18-11-12-33(30,31)15-18/h4-10,13,18,22H,11-12,14-15H2,1-3H3,(H,25,29)/t18-,22+/m1/s1. The van der Waals surface area contributed by atoms with E-state index in [-0.39, 0.29) is 23.3 Å². The van der Waals surface area contributed by atoms with Crippen LogP contribution in [0.5, 0.6) is 0 Å². The molecule has 4 rings (SSSR count). The zero-order valence-electron chi connectivity index (χ0n) is 19.0. The number of hydrogen-bond acceptors (Lipinski definition) is 6. The van der Waals surface area contributed by atoms with Gasteiger partial charge in [0, 0.05) is 19.2 Å². The number of amides is 1. The normalized spacial score (nSPS) is 18.2. The number of nitrogens with zero attached hydrogens (tertiary/aromatic N) is 3. The van der Waals surface area contributed by atoms with E-state index in [1.54, 1.807) is 0 Å². The molecule has 0 saturated carbocycles. The lowest BCUT2D eigenvalue weighted by atomic mass is 10.1. The van der Waals surface area contributed by atoms with Crippen LogP contribution in [0.2, 0.25) is 0 Å². The predicted octanol–water partition coefficient (Wildman–Crippen LogP) is 3.88. The van der Waals surface area contributed by atoms with Crippen LogP contribution in [0, 0.1) is 19.8 Å². The van der Waals surface area contributed by atoms with Crippen LogP contribution in [0.25, 0.3) is 0 Å². The van der Waals surface area contributed by atoms with Crippen molar-refractivity contribution in [3.63, 3.8) is 0 Å². The molecule has 0 radical (unpaired) electrons. The number of hydrogen-bond donors (Lipinski definition) is 1. The first-order valence-electron chi connectivity index (χ1n) is 10.9. The van der Waals surface area contributed by atoms with Crippen LogP contribution < -0.4 is 5.32 Å².